The highest BCUT2D eigenvalue weighted by atomic mass is 16.3. The van der Waals surface area contributed by atoms with Crippen molar-refractivity contribution in [2.24, 2.45) is 0 Å². The fourth-order valence-corrected chi connectivity index (χ4v) is 3.88. The summed E-state index contributed by atoms with van der Waals surface area (Å²) in [6.45, 7) is 0.915. The summed E-state index contributed by atoms with van der Waals surface area (Å²) in [5.41, 5.74) is 1.00. The number of nitrogens with zero attached hydrogens (tertiary/aromatic N) is 1. The van der Waals surface area contributed by atoms with E-state index >= 15 is 0 Å². The smallest absolute Gasteiger partial charge is 0.134 e. The minimum Gasteiger partial charge on any atom is -0.460 e. The fourth-order valence-electron chi connectivity index (χ4n) is 3.88. The number of piperidine rings is 1. The highest BCUT2D eigenvalue weighted by Crippen LogP contribution is 2.30. The molecular formula is C17H22N2O. The maximum atomic E-state index is 5.94. The second-order valence-corrected chi connectivity index (χ2v) is 6.43. The van der Waals surface area contributed by atoms with Gasteiger partial charge in [0.2, 0.25) is 0 Å². The van der Waals surface area contributed by atoms with Crippen molar-refractivity contribution in [2.45, 2.75) is 50.4 Å². The van der Waals surface area contributed by atoms with E-state index in [-0.39, 0.29) is 0 Å². The molecule has 2 bridgehead atoms. The third-order valence-corrected chi connectivity index (χ3v) is 4.95. The zero-order valence-corrected chi connectivity index (χ0v) is 12.0. The third kappa shape index (κ3) is 2.25. The van der Waals surface area contributed by atoms with E-state index in [2.05, 4.69) is 35.5 Å². The van der Waals surface area contributed by atoms with E-state index in [4.69, 9.17) is 4.42 Å². The van der Waals surface area contributed by atoms with Gasteiger partial charge in [0.1, 0.15) is 11.3 Å². The topological polar surface area (TPSA) is 28.4 Å². The van der Waals surface area contributed by atoms with Crippen LogP contribution in [-0.2, 0) is 6.54 Å². The quantitative estimate of drug-likeness (QED) is 0.928. The molecule has 2 atom stereocenters. The Kier molecular flexibility index (Phi) is 3.04. The first-order valence-corrected chi connectivity index (χ1v) is 7.71. The van der Waals surface area contributed by atoms with E-state index in [0.29, 0.717) is 6.04 Å². The lowest BCUT2D eigenvalue weighted by Gasteiger charge is -2.35. The van der Waals surface area contributed by atoms with E-state index in [1.807, 2.05) is 12.1 Å². The largest absolute Gasteiger partial charge is 0.460 e. The van der Waals surface area contributed by atoms with Crippen molar-refractivity contribution < 1.29 is 4.42 Å². The number of rotatable bonds is 3. The Labute approximate surface area is 119 Å². The Morgan fingerprint density at radius 1 is 1.20 bits per heavy atom. The molecular weight excluding hydrogens is 248 g/mol. The average Bonchev–Trinajstić information content (AvgIpc) is 3.01. The van der Waals surface area contributed by atoms with Gasteiger partial charge in [0.25, 0.3) is 0 Å². The Balaban J connectivity index is 1.47. The lowest BCUT2D eigenvalue weighted by molar-refractivity contribution is 0.157. The van der Waals surface area contributed by atoms with Crippen LogP contribution >= 0.6 is 0 Å². The van der Waals surface area contributed by atoms with Crippen LogP contribution < -0.4 is 5.32 Å². The lowest BCUT2D eigenvalue weighted by atomic mass is 9.98. The van der Waals surface area contributed by atoms with Crippen molar-refractivity contribution in [3.63, 3.8) is 0 Å². The van der Waals surface area contributed by atoms with Gasteiger partial charge < -0.3 is 9.73 Å². The standard InChI is InChI=1S/C17H22N2O/c1-19(15-9-13-6-7-14(10-15)18-13)11-16-8-12-4-2-3-5-17(12)20-16/h2-5,8,13-15,18H,6-7,9-11H2,1H3. The lowest BCUT2D eigenvalue weighted by Crippen LogP contribution is -2.46. The molecule has 1 N–H and O–H groups in total. The van der Waals surface area contributed by atoms with Crippen LogP contribution in [0, 0.1) is 0 Å². The first-order chi connectivity index (χ1) is 9.78. The molecule has 1 aromatic carbocycles. The molecule has 20 heavy (non-hydrogen) atoms. The maximum Gasteiger partial charge on any atom is 0.134 e. The van der Waals surface area contributed by atoms with Crippen molar-refractivity contribution in [3.05, 3.63) is 36.1 Å². The van der Waals surface area contributed by atoms with Crippen LogP contribution in [-0.4, -0.2) is 30.1 Å². The number of benzene rings is 1. The zero-order valence-electron chi connectivity index (χ0n) is 12.0. The van der Waals surface area contributed by atoms with Gasteiger partial charge in [-0.2, -0.15) is 0 Å². The minimum absolute atomic E-state index is 0.696. The molecule has 2 fully saturated rings. The molecule has 4 rings (SSSR count). The second kappa shape index (κ2) is 4.90. The summed E-state index contributed by atoms with van der Waals surface area (Å²) in [7, 11) is 2.24. The number of furan rings is 1. The molecule has 0 radical (unpaired) electrons. The average molecular weight is 270 g/mol. The van der Waals surface area contributed by atoms with Gasteiger partial charge in [-0.25, -0.2) is 0 Å². The molecule has 0 aliphatic carbocycles. The van der Waals surface area contributed by atoms with Crippen molar-refractivity contribution >= 4 is 11.0 Å². The summed E-state index contributed by atoms with van der Waals surface area (Å²) in [5, 5.41) is 4.92. The number of fused-ring (bicyclic) bond motifs is 3. The van der Waals surface area contributed by atoms with E-state index in [0.717, 1.165) is 30.0 Å². The molecule has 3 heterocycles. The Morgan fingerprint density at radius 3 is 2.70 bits per heavy atom. The monoisotopic (exact) mass is 270 g/mol. The van der Waals surface area contributed by atoms with Crippen LogP contribution in [0.1, 0.15) is 31.4 Å². The number of hydrogen-bond donors (Lipinski definition) is 1. The molecule has 2 aliphatic heterocycles. The molecule has 2 saturated heterocycles. The van der Waals surface area contributed by atoms with Gasteiger partial charge in [0.05, 0.1) is 6.54 Å². The normalized spacial score (nSPS) is 29.4. The van der Waals surface area contributed by atoms with E-state index in [1.54, 1.807) is 0 Å². The first kappa shape index (κ1) is 12.4. The van der Waals surface area contributed by atoms with Crippen molar-refractivity contribution in [1.82, 2.24) is 10.2 Å². The molecule has 106 valence electrons. The van der Waals surface area contributed by atoms with E-state index < -0.39 is 0 Å². The van der Waals surface area contributed by atoms with Gasteiger partial charge in [-0.05, 0) is 44.9 Å². The Morgan fingerprint density at radius 2 is 1.95 bits per heavy atom. The zero-order chi connectivity index (χ0) is 13.5. The summed E-state index contributed by atoms with van der Waals surface area (Å²) < 4.78 is 5.94. The molecule has 2 aromatic rings. The molecule has 1 aromatic heterocycles. The summed E-state index contributed by atoms with van der Waals surface area (Å²) >= 11 is 0. The van der Waals surface area contributed by atoms with Crippen LogP contribution in [0.2, 0.25) is 0 Å². The van der Waals surface area contributed by atoms with Crippen LogP contribution in [0.15, 0.2) is 34.7 Å². The van der Waals surface area contributed by atoms with Crippen molar-refractivity contribution in [1.29, 1.82) is 0 Å². The van der Waals surface area contributed by atoms with Gasteiger partial charge in [0.15, 0.2) is 0 Å². The highest BCUT2D eigenvalue weighted by molar-refractivity contribution is 5.77. The fraction of sp³-hybridized carbons (Fsp3) is 0.529. The molecule has 0 amide bonds. The number of hydrogen-bond acceptors (Lipinski definition) is 3. The van der Waals surface area contributed by atoms with Crippen LogP contribution in [0.3, 0.4) is 0 Å². The maximum absolute atomic E-state index is 5.94. The third-order valence-electron chi connectivity index (χ3n) is 4.95. The highest BCUT2D eigenvalue weighted by Gasteiger charge is 2.35. The summed E-state index contributed by atoms with van der Waals surface area (Å²) in [6, 6.07) is 12.6. The number of nitrogens with one attached hydrogen (secondary N) is 1. The Bertz CT molecular complexity index is 561. The van der Waals surface area contributed by atoms with Crippen LogP contribution in [0.4, 0.5) is 0 Å². The molecule has 3 nitrogen and oxygen atoms in total. The van der Waals surface area contributed by atoms with E-state index in [9.17, 15) is 0 Å². The molecule has 3 heteroatoms. The molecule has 2 aliphatic rings. The summed E-state index contributed by atoms with van der Waals surface area (Å²) in [6.07, 6.45) is 5.29. The predicted octanol–water partition coefficient (Wildman–Crippen LogP) is 3.15. The van der Waals surface area contributed by atoms with Crippen molar-refractivity contribution in [3.8, 4) is 0 Å². The van der Waals surface area contributed by atoms with E-state index in [1.165, 1.54) is 31.1 Å². The molecule has 0 saturated carbocycles. The van der Waals surface area contributed by atoms with Gasteiger partial charge >= 0.3 is 0 Å². The number of para-hydroxylation sites is 1. The predicted molar refractivity (Wildman–Crippen MR) is 80.6 cm³/mol. The first-order valence-electron chi connectivity index (χ1n) is 7.71. The van der Waals surface area contributed by atoms with Gasteiger partial charge in [0, 0.05) is 23.5 Å². The summed E-state index contributed by atoms with van der Waals surface area (Å²) in [5.74, 6) is 1.08. The van der Waals surface area contributed by atoms with Gasteiger partial charge in [-0.15, -0.1) is 0 Å². The second-order valence-electron chi connectivity index (χ2n) is 6.43. The molecule has 2 unspecified atom stereocenters. The molecule has 0 spiro atoms. The Hall–Kier alpha value is -1.32. The van der Waals surface area contributed by atoms with Crippen LogP contribution in [0.25, 0.3) is 11.0 Å². The van der Waals surface area contributed by atoms with Crippen molar-refractivity contribution in [2.75, 3.05) is 7.05 Å². The summed E-state index contributed by atoms with van der Waals surface area (Å²) in [4.78, 5) is 2.48. The SMILES string of the molecule is CN(Cc1cc2ccccc2o1)C1CC2CCC(C1)N2. The minimum atomic E-state index is 0.696. The van der Waals surface area contributed by atoms with Crippen LogP contribution in [0.5, 0.6) is 0 Å². The van der Waals surface area contributed by atoms with Gasteiger partial charge in [-0.3, -0.25) is 4.90 Å². The van der Waals surface area contributed by atoms with Gasteiger partial charge in [-0.1, -0.05) is 18.2 Å².